The lowest BCUT2D eigenvalue weighted by atomic mass is 10.1. The van der Waals surface area contributed by atoms with Crippen molar-refractivity contribution in [3.8, 4) is 0 Å². The molecule has 2 aromatic rings. The highest BCUT2D eigenvalue weighted by atomic mass is 32.2. The first-order valence-electron chi connectivity index (χ1n) is 10.4. The number of hydrogen-bond donors (Lipinski definition) is 2. The molecule has 2 aromatic heterocycles. The molecule has 0 aromatic carbocycles. The lowest BCUT2D eigenvalue weighted by Crippen LogP contribution is -2.42. The molecular formula is C20H29N5O4S. The molecule has 164 valence electrons. The van der Waals surface area contributed by atoms with Crippen molar-refractivity contribution in [2.45, 2.75) is 57.7 Å². The summed E-state index contributed by atoms with van der Waals surface area (Å²) in [5, 5.41) is 14.2. The topological polar surface area (TPSA) is 117 Å². The number of rotatable bonds is 4. The molecule has 1 saturated heterocycles. The third-order valence-electron chi connectivity index (χ3n) is 6.35. The number of nitrogens with one attached hydrogen (secondary N) is 1. The molecule has 1 saturated carbocycles. The van der Waals surface area contributed by atoms with Crippen LogP contribution in [0, 0.1) is 12.8 Å². The molecule has 2 N–H and O–H groups in total. The number of aromatic nitrogens is 3. The number of aryl methyl sites for hydroxylation is 1. The van der Waals surface area contributed by atoms with Gasteiger partial charge in [0.15, 0.2) is 0 Å². The average Bonchev–Trinajstić information content (AvgIpc) is 3.00. The summed E-state index contributed by atoms with van der Waals surface area (Å²) in [6, 6.07) is 1.77. The van der Waals surface area contributed by atoms with Gasteiger partial charge in [-0.15, -0.1) is 0 Å². The van der Waals surface area contributed by atoms with Crippen molar-refractivity contribution in [3.63, 3.8) is 0 Å². The van der Waals surface area contributed by atoms with Gasteiger partial charge in [-0.1, -0.05) is 6.92 Å². The minimum absolute atomic E-state index is 0.0679. The van der Waals surface area contributed by atoms with E-state index < -0.39 is 16.1 Å². The Morgan fingerprint density at radius 3 is 2.53 bits per heavy atom. The van der Waals surface area contributed by atoms with Crippen LogP contribution in [0.5, 0.6) is 0 Å². The van der Waals surface area contributed by atoms with E-state index in [4.69, 9.17) is 0 Å². The van der Waals surface area contributed by atoms with Crippen LogP contribution in [-0.2, 0) is 10.0 Å². The minimum atomic E-state index is -3.17. The van der Waals surface area contributed by atoms with Crippen LogP contribution in [-0.4, -0.2) is 63.9 Å². The van der Waals surface area contributed by atoms with Crippen molar-refractivity contribution in [3.05, 3.63) is 28.2 Å². The lowest BCUT2D eigenvalue weighted by molar-refractivity contribution is 0.176. The summed E-state index contributed by atoms with van der Waals surface area (Å²) in [7, 11) is -3.17. The molecule has 3 heterocycles. The predicted molar refractivity (Wildman–Crippen MR) is 115 cm³/mol. The van der Waals surface area contributed by atoms with Gasteiger partial charge < -0.3 is 10.4 Å². The van der Waals surface area contributed by atoms with Gasteiger partial charge in [-0.3, -0.25) is 9.36 Å². The van der Waals surface area contributed by atoms with Gasteiger partial charge in [-0.05, 0) is 44.6 Å². The maximum absolute atomic E-state index is 13.0. The lowest BCUT2D eigenvalue weighted by Gasteiger charge is -2.30. The second kappa shape index (κ2) is 7.90. The first-order chi connectivity index (χ1) is 14.1. The van der Waals surface area contributed by atoms with E-state index in [0.717, 1.165) is 5.39 Å². The summed E-state index contributed by atoms with van der Waals surface area (Å²) in [5.74, 6) is 0.609. The fourth-order valence-corrected chi connectivity index (χ4v) is 5.58. The molecule has 0 unspecified atom stereocenters. The minimum Gasteiger partial charge on any atom is -0.393 e. The van der Waals surface area contributed by atoms with Gasteiger partial charge in [0.25, 0.3) is 5.56 Å². The quantitative estimate of drug-likeness (QED) is 0.742. The van der Waals surface area contributed by atoms with Gasteiger partial charge in [0.2, 0.25) is 16.0 Å². The van der Waals surface area contributed by atoms with Crippen LogP contribution in [0.25, 0.3) is 11.0 Å². The smallest absolute Gasteiger partial charge is 0.255 e. The van der Waals surface area contributed by atoms with Crippen LogP contribution in [0.1, 0.15) is 44.2 Å². The van der Waals surface area contributed by atoms with Gasteiger partial charge in [-0.2, -0.15) is 4.98 Å². The fourth-order valence-electron chi connectivity index (χ4n) is 4.70. The molecule has 9 nitrogen and oxygen atoms in total. The van der Waals surface area contributed by atoms with Crippen LogP contribution in [0.3, 0.4) is 0 Å². The van der Waals surface area contributed by atoms with E-state index in [2.05, 4.69) is 22.2 Å². The van der Waals surface area contributed by atoms with Gasteiger partial charge in [-0.25, -0.2) is 17.7 Å². The van der Waals surface area contributed by atoms with Crippen molar-refractivity contribution in [1.29, 1.82) is 0 Å². The Kier molecular flexibility index (Phi) is 5.58. The third kappa shape index (κ3) is 4.08. The Labute approximate surface area is 176 Å². The van der Waals surface area contributed by atoms with Crippen LogP contribution >= 0.6 is 0 Å². The van der Waals surface area contributed by atoms with E-state index in [1.165, 1.54) is 10.6 Å². The Bertz CT molecular complexity index is 1110. The molecule has 2 fully saturated rings. The number of aliphatic hydroxyl groups excluding tert-OH is 1. The van der Waals surface area contributed by atoms with Crippen molar-refractivity contribution in [2.75, 3.05) is 24.7 Å². The Morgan fingerprint density at radius 2 is 1.93 bits per heavy atom. The highest BCUT2D eigenvalue weighted by Crippen LogP contribution is 2.36. The van der Waals surface area contributed by atoms with Crippen molar-refractivity contribution >= 4 is 27.0 Å². The van der Waals surface area contributed by atoms with Crippen LogP contribution in [0.4, 0.5) is 5.95 Å². The first-order valence-corrected chi connectivity index (χ1v) is 12.3. The molecule has 10 heteroatoms. The van der Waals surface area contributed by atoms with Gasteiger partial charge in [0, 0.05) is 42.3 Å². The van der Waals surface area contributed by atoms with Crippen LogP contribution in [0.2, 0.25) is 0 Å². The normalized spacial score (nSPS) is 26.3. The van der Waals surface area contributed by atoms with E-state index in [1.807, 2.05) is 0 Å². The zero-order valence-corrected chi connectivity index (χ0v) is 18.4. The molecule has 0 radical (unpaired) electrons. The summed E-state index contributed by atoms with van der Waals surface area (Å²) in [5.41, 5.74) is 1.12. The highest BCUT2D eigenvalue weighted by molar-refractivity contribution is 7.88. The molecule has 3 atom stereocenters. The number of aliphatic hydroxyl groups is 1. The second-order valence-electron chi connectivity index (χ2n) is 8.73. The molecule has 2 aliphatic rings. The van der Waals surface area contributed by atoms with E-state index >= 15 is 0 Å². The van der Waals surface area contributed by atoms with E-state index in [-0.39, 0.29) is 23.6 Å². The molecule has 1 aliphatic heterocycles. The molecule has 1 aliphatic carbocycles. The summed E-state index contributed by atoms with van der Waals surface area (Å²) in [4.78, 5) is 22.1. The van der Waals surface area contributed by atoms with Crippen LogP contribution < -0.4 is 10.9 Å². The summed E-state index contributed by atoms with van der Waals surface area (Å²) in [6.45, 7) is 4.77. The molecule has 0 spiro atoms. The number of nitrogens with zero attached hydrogens (tertiary/aromatic N) is 4. The second-order valence-corrected chi connectivity index (χ2v) is 10.7. The van der Waals surface area contributed by atoms with Crippen molar-refractivity contribution in [2.24, 2.45) is 5.92 Å². The number of pyridine rings is 1. The number of hydrogen-bond acceptors (Lipinski definition) is 7. The van der Waals surface area contributed by atoms with Crippen molar-refractivity contribution < 1.29 is 13.5 Å². The Balaban J connectivity index is 1.63. The zero-order valence-electron chi connectivity index (χ0n) is 17.6. The molecule has 0 bridgehead atoms. The van der Waals surface area contributed by atoms with E-state index in [9.17, 15) is 18.3 Å². The molecule has 4 rings (SSSR count). The molecule has 30 heavy (non-hydrogen) atoms. The molecular weight excluding hydrogens is 406 g/mol. The fraction of sp³-hybridized carbons (Fsp3) is 0.650. The maximum atomic E-state index is 13.0. The highest BCUT2D eigenvalue weighted by Gasteiger charge is 2.33. The summed E-state index contributed by atoms with van der Waals surface area (Å²) in [6.07, 6.45) is 5.08. The standard InChI is InChI=1S/C20H29N5O4S/c1-12-9-16(26)10-17(12)25-18-14(8-13(2)19(25)27)11-21-20(23-18)22-15-4-6-24(7-5-15)30(3,28)29/h8,11-12,15-17,26H,4-7,9-10H2,1-3H3,(H,21,22,23)/t12-,16+,17+/m1/s1. The van der Waals surface area contributed by atoms with Crippen molar-refractivity contribution in [1.82, 2.24) is 18.8 Å². The number of fused-ring (bicyclic) bond motifs is 1. The first kappa shape index (κ1) is 21.2. The average molecular weight is 436 g/mol. The van der Waals surface area contributed by atoms with Gasteiger partial charge in [0.05, 0.1) is 12.4 Å². The number of piperidine rings is 1. The largest absolute Gasteiger partial charge is 0.393 e. The maximum Gasteiger partial charge on any atom is 0.255 e. The molecule has 0 amide bonds. The third-order valence-corrected chi connectivity index (χ3v) is 7.66. The SMILES string of the molecule is Cc1cc2cnc(NC3CCN(S(C)(=O)=O)CC3)nc2n([C@H]2C[C@@H](O)C[C@H]2C)c1=O. The number of anilines is 1. The summed E-state index contributed by atoms with van der Waals surface area (Å²) >= 11 is 0. The van der Waals surface area contributed by atoms with Gasteiger partial charge in [0.1, 0.15) is 5.65 Å². The monoisotopic (exact) mass is 435 g/mol. The number of sulfonamides is 1. The van der Waals surface area contributed by atoms with Gasteiger partial charge >= 0.3 is 0 Å². The Hall–Kier alpha value is -2.04. The summed E-state index contributed by atoms with van der Waals surface area (Å²) < 4.78 is 26.6. The van der Waals surface area contributed by atoms with Crippen LogP contribution in [0.15, 0.2) is 17.1 Å². The predicted octanol–water partition coefficient (Wildman–Crippen LogP) is 1.27. The van der Waals surface area contributed by atoms with E-state index in [0.29, 0.717) is 55.9 Å². The zero-order chi connectivity index (χ0) is 21.6. The van der Waals surface area contributed by atoms with E-state index in [1.54, 1.807) is 23.8 Å². The Morgan fingerprint density at radius 1 is 1.23 bits per heavy atom.